The van der Waals surface area contributed by atoms with E-state index in [1.807, 2.05) is 25.1 Å². The van der Waals surface area contributed by atoms with Gasteiger partial charge in [0.05, 0.1) is 16.4 Å². The van der Waals surface area contributed by atoms with Crippen LogP contribution in [-0.4, -0.2) is 20.7 Å². The summed E-state index contributed by atoms with van der Waals surface area (Å²) in [6, 6.07) is 7.31. The molecule has 0 spiro atoms. The second kappa shape index (κ2) is 4.79. The maximum absolute atomic E-state index is 12.1. The third-order valence-corrected chi connectivity index (χ3v) is 3.06. The number of hydrogen-bond donors (Lipinski definition) is 0. The van der Waals surface area contributed by atoms with E-state index in [2.05, 4.69) is 20.9 Å². The molecule has 2 rings (SSSR count). The Morgan fingerprint density at radius 1 is 1.41 bits per heavy atom. The number of nitrogens with zero attached hydrogens (tertiary/aromatic N) is 2. The quantitative estimate of drug-likeness (QED) is 0.643. The summed E-state index contributed by atoms with van der Waals surface area (Å²) in [5.74, 6) is -0.289. The van der Waals surface area contributed by atoms with Crippen LogP contribution < -0.4 is 5.56 Å². The standard InChI is InChI=1S/C12H11BrN2O2/c1-2-15-9-6-4-3-5-8(9)14-11(12(15)17)10(16)7-13/h3-6H,2,7H2,1H3. The number of alkyl halides is 1. The highest BCUT2D eigenvalue weighted by Gasteiger charge is 2.15. The fourth-order valence-electron chi connectivity index (χ4n) is 1.75. The van der Waals surface area contributed by atoms with Gasteiger partial charge in [0.15, 0.2) is 11.5 Å². The van der Waals surface area contributed by atoms with Crippen LogP contribution in [0.3, 0.4) is 0 Å². The molecule has 0 bridgehead atoms. The third-order valence-electron chi connectivity index (χ3n) is 2.55. The van der Waals surface area contributed by atoms with Crippen LogP contribution in [0.4, 0.5) is 0 Å². The largest absolute Gasteiger partial charge is 0.305 e. The summed E-state index contributed by atoms with van der Waals surface area (Å²) in [6.07, 6.45) is 0. The number of rotatable bonds is 3. The highest BCUT2D eigenvalue weighted by atomic mass is 79.9. The molecule has 0 amide bonds. The normalized spacial score (nSPS) is 10.7. The van der Waals surface area contributed by atoms with E-state index in [-0.39, 0.29) is 22.4 Å². The second-order valence-corrected chi connectivity index (χ2v) is 4.12. The topological polar surface area (TPSA) is 52.0 Å². The third kappa shape index (κ3) is 2.02. The number of aromatic nitrogens is 2. The van der Waals surface area contributed by atoms with Crippen LogP contribution in [0.25, 0.3) is 11.0 Å². The number of ketones is 1. The van der Waals surface area contributed by atoms with Crippen molar-refractivity contribution in [1.82, 2.24) is 9.55 Å². The van der Waals surface area contributed by atoms with Crippen molar-refractivity contribution in [3.63, 3.8) is 0 Å². The van der Waals surface area contributed by atoms with Gasteiger partial charge in [-0.25, -0.2) is 4.98 Å². The van der Waals surface area contributed by atoms with E-state index < -0.39 is 0 Å². The summed E-state index contributed by atoms with van der Waals surface area (Å²) in [5.41, 5.74) is 1.10. The van der Waals surface area contributed by atoms with Gasteiger partial charge in [0, 0.05) is 6.54 Å². The van der Waals surface area contributed by atoms with Gasteiger partial charge in [0.1, 0.15) is 0 Å². The zero-order valence-corrected chi connectivity index (χ0v) is 10.9. The molecule has 0 unspecified atom stereocenters. The molecule has 0 saturated heterocycles. The SMILES string of the molecule is CCn1c(=O)c(C(=O)CBr)nc2ccccc21. The molecule has 0 aliphatic rings. The number of carbonyl (C=O) groups excluding carboxylic acids is 1. The van der Waals surface area contributed by atoms with Gasteiger partial charge in [0.25, 0.3) is 5.56 Å². The molecule has 17 heavy (non-hydrogen) atoms. The van der Waals surface area contributed by atoms with Crippen molar-refractivity contribution in [3.8, 4) is 0 Å². The van der Waals surface area contributed by atoms with Crippen molar-refractivity contribution >= 4 is 32.7 Å². The molecule has 88 valence electrons. The molecule has 0 saturated carbocycles. The van der Waals surface area contributed by atoms with Crippen LogP contribution >= 0.6 is 15.9 Å². The molecule has 0 aliphatic carbocycles. The number of fused-ring (bicyclic) bond motifs is 1. The van der Waals surface area contributed by atoms with Crippen LogP contribution in [-0.2, 0) is 6.54 Å². The molecule has 5 heteroatoms. The molecule has 0 atom stereocenters. The number of para-hydroxylation sites is 2. The molecule has 4 nitrogen and oxygen atoms in total. The van der Waals surface area contributed by atoms with E-state index in [9.17, 15) is 9.59 Å². The van der Waals surface area contributed by atoms with Gasteiger partial charge in [-0.15, -0.1) is 0 Å². The van der Waals surface area contributed by atoms with Gasteiger partial charge < -0.3 is 4.57 Å². The minimum atomic E-state index is -0.323. The molecule has 1 heterocycles. The number of halogens is 1. The lowest BCUT2D eigenvalue weighted by molar-refractivity contribution is 0.101. The lowest BCUT2D eigenvalue weighted by atomic mass is 10.2. The molecule has 1 aromatic carbocycles. The molecule has 2 aromatic rings. The van der Waals surface area contributed by atoms with E-state index in [4.69, 9.17) is 0 Å². The Morgan fingerprint density at radius 2 is 2.12 bits per heavy atom. The summed E-state index contributed by atoms with van der Waals surface area (Å²) in [4.78, 5) is 27.8. The highest BCUT2D eigenvalue weighted by Crippen LogP contribution is 2.10. The fourth-order valence-corrected chi connectivity index (χ4v) is 2.02. The lowest BCUT2D eigenvalue weighted by Crippen LogP contribution is -2.28. The molecule has 0 aliphatic heterocycles. The predicted octanol–water partition coefficient (Wildman–Crippen LogP) is 1.99. The molecule has 0 N–H and O–H groups in total. The smallest absolute Gasteiger partial charge is 0.280 e. The summed E-state index contributed by atoms with van der Waals surface area (Å²) in [5, 5.41) is 0.108. The average molecular weight is 295 g/mol. The van der Waals surface area contributed by atoms with Gasteiger partial charge in [-0.3, -0.25) is 9.59 Å². The monoisotopic (exact) mass is 294 g/mol. The van der Waals surface area contributed by atoms with Crippen molar-refractivity contribution in [2.24, 2.45) is 0 Å². The Balaban J connectivity index is 2.85. The maximum atomic E-state index is 12.1. The first-order valence-electron chi connectivity index (χ1n) is 5.27. The van der Waals surface area contributed by atoms with Crippen LogP contribution in [0, 0.1) is 0 Å². The molecule has 0 radical (unpaired) electrons. The van der Waals surface area contributed by atoms with Gasteiger partial charge in [-0.2, -0.15) is 0 Å². The summed E-state index contributed by atoms with van der Waals surface area (Å²) in [6.45, 7) is 2.39. The molecule has 0 fully saturated rings. The number of benzene rings is 1. The van der Waals surface area contributed by atoms with E-state index in [0.717, 1.165) is 5.52 Å². The second-order valence-electron chi connectivity index (χ2n) is 3.56. The first-order valence-corrected chi connectivity index (χ1v) is 6.40. The Bertz CT molecular complexity index is 634. The number of hydrogen-bond acceptors (Lipinski definition) is 3. The summed E-state index contributed by atoms with van der Waals surface area (Å²) in [7, 11) is 0. The number of aryl methyl sites for hydroxylation is 1. The Hall–Kier alpha value is -1.49. The van der Waals surface area contributed by atoms with Crippen LogP contribution in [0.15, 0.2) is 29.1 Å². The van der Waals surface area contributed by atoms with Crippen LogP contribution in [0.1, 0.15) is 17.4 Å². The zero-order chi connectivity index (χ0) is 12.4. The minimum Gasteiger partial charge on any atom is -0.305 e. The van der Waals surface area contributed by atoms with Crippen molar-refractivity contribution in [2.75, 3.05) is 5.33 Å². The van der Waals surface area contributed by atoms with Gasteiger partial charge in [-0.1, -0.05) is 28.1 Å². The summed E-state index contributed by atoms with van der Waals surface area (Å²) >= 11 is 3.06. The van der Waals surface area contributed by atoms with Gasteiger partial charge in [0.2, 0.25) is 0 Å². The lowest BCUT2D eigenvalue weighted by Gasteiger charge is -2.08. The fraction of sp³-hybridized carbons (Fsp3) is 0.250. The maximum Gasteiger partial charge on any atom is 0.280 e. The minimum absolute atomic E-state index is 0.00225. The van der Waals surface area contributed by atoms with Gasteiger partial charge in [-0.05, 0) is 19.1 Å². The Morgan fingerprint density at radius 3 is 2.76 bits per heavy atom. The first-order chi connectivity index (χ1) is 8.19. The van der Waals surface area contributed by atoms with E-state index >= 15 is 0 Å². The Labute approximate surface area is 106 Å². The zero-order valence-electron chi connectivity index (χ0n) is 9.31. The van der Waals surface area contributed by atoms with Gasteiger partial charge >= 0.3 is 0 Å². The average Bonchev–Trinajstić information content (AvgIpc) is 2.37. The number of Topliss-reactive ketones (excluding diaryl/α,β-unsaturated/α-hetero) is 1. The Kier molecular flexibility index (Phi) is 3.38. The molecule has 1 aromatic heterocycles. The van der Waals surface area contributed by atoms with Crippen molar-refractivity contribution in [3.05, 3.63) is 40.3 Å². The van der Waals surface area contributed by atoms with Crippen LogP contribution in [0.5, 0.6) is 0 Å². The van der Waals surface area contributed by atoms with E-state index in [0.29, 0.717) is 12.1 Å². The molecular formula is C12H11BrN2O2. The van der Waals surface area contributed by atoms with Crippen LogP contribution in [0.2, 0.25) is 0 Å². The van der Waals surface area contributed by atoms with E-state index in [1.165, 1.54) is 0 Å². The summed E-state index contributed by atoms with van der Waals surface area (Å²) < 4.78 is 1.57. The van der Waals surface area contributed by atoms with E-state index in [1.54, 1.807) is 10.6 Å². The first kappa shape index (κ1) is 12.0. The predicted molar refractivity (Wildman–Crippen MR) is 69.8 cm³/mol. The van der Waals surface area contributed by atoms with Crippen molar-refractivity contribution < 1.29 is 4.79 Å². The highest BCUT2D eigenvalue weighted by molar-refractivity contribution is 9.09. The van der Waals surface area contributed by atoms with Crippen molar-refractivity contribution in [1.29, 1.82) is 0 Å². The van der Waals surface area contributed by atoms with Crippen molar-refractivity contribution in [2.45, 2.75) is 13.5 Å². The molecular weight excluding hydrogens is 284 g/mol. The number of carbonyl (C=O) groups is 1.